The average Bonchev–Trinajstić information content (AvgIpc) is 2.78. The van der Waals surface area contributed by atoms with Gasteiger partial charge in [0, 0.05) is 19.5 Å². The Morgan fingerprint density at radius 1 is 0.743 bits per heavy atom. The van der Waals surface area contributed by atoms with Crippen molar-refractivity contribution in [3.63, 3.8) is 0 Å². The maximum absolute atomic E-state index is 12.5. The van der Waals surface area contributed by atoms with Crippen LogP contribution >= 0.6 is 12.4 Å². The zero-order valence-corrected chi connectivity index (χ0v) is 23.9. The normalized spacial score (nSPS) is 12.0. The third-order valence-corrected chi connectivity index (χ3v) is 5.72. The van der Waals surface area contributed by atoms with Crippen LogP contribution in [-0.4, -0.2) is 57.4 Å². The van der Waals surface area contributed by atoms with E-state index >= 15 is 0 Å². The molecule has 2 amide bonds. The number of carbonyl (C=O) groups is 2. The molecule has 0 fully saturated rings. The Morgan fingerprint density at radius 3 is 1.83 bits per heavy atom. The summed E-state index contributed by atoms with van der Waals surface area (Å²) in [7, 11) is 0. The number of unbranched alkanes of at least 4 members (excludes halogenated alkanes) is 8. The lowest BCUT2D eigenvalue weighted by molar-refractivity contribution is -0.129. The van der Waals surface area contributed by atoms with Crippen molar-refractivity contribution in [3.05, 3.63) is 0 Å². The minimum absolute atomic E-state index is 0. The first-order valence-electron chi connectivity index (χ1n) is 13.8. The average molecular weight is 522 g/mol. The van der Waals surface area contributed by atoms with Crippen LogP contribution in [0.15, 0.2) is 0 Å². The van der Waals surface area contributed by atoms with Gasteiger partial charge in [-0.3, -0.25) is 9.59 Å². The number of halogens is 1. The molecule has 0 spiro atoms. The number of amides is 2. The molecule has 0 aliphatic rings. The van der Waals surface area contributed by atoms with Crippen LogP contribution in [0.5, 0.6) is 0 Å². The van der Waals surface area contributed by atoms with E-state index in [1.807, 2.05) is 0 Å². The van der Waals surface area contributed by atoms with E-state index in [1.54, 1.807) is 0 Å². The quantitative estimate of drug-likeness (QED) is 0.155. The topological polar surface area (TPSA) is 103 Å². The molecule has 0 aliphatic carbocycles. The number of hydrogen-bond acceptors (Lipinski definition) is 5. The second-order valence-electron chi connectivity index (χ2n) is 10.2. The number of nitrogens with one attached hydrogen (secondary N) is 2. The Labute approximate surface area is 221 Å². The van der Waals surface area contributed by atoms with Gasteiger partial charge in [0.2, 0.25) is 11.8 Å². The summed E-state index contributed by atoms with van der Waals surface area (Å²) >= 11 is 0. The van der Waals surface area contributed by atoms with Crippen molar-refractivity contribution in [2.45, 2.75) is 111 Å². The molecule has 1 unspecified atom stereocenters. The molecular weight excluding hydrogens is 466 g/mol. The van der Waals surface area contributed by atoms with Crippen LogP contribution in [0.25, 0.3) is 0 Å². The van der Waals surface area contributed by atoms with Gasteiger partial charge in [0.05, 0.1) is 26.4 Å². The van der Waals surface area contributed by atoms with Crippen LogP contribution < -0.4 is 16.4 Å². The summed E-state index contributed by atoms with van der Waals surface area (Å²) in [4.78, 5) is 24.9. The first-order valence-corrected chi connectivity index (χ1v) is 13.8. The summed E-state index contributed by atoms with van der Waals surface area (Å²) in [5.74, 6) is 0.972. The maximum atomic E-state index is 12.5. The van der Waals surface area contributed by atoms with E-state index in [-0.39, 0.29) is 24.2 Å². The van der Waals surface area contributed by atoms with Crippen molar-refractivity contribution in [1.82, 2.24) is 10.6 Å². The summed E-state index contributed by atoms with van der Waals surface area (Å²) in [5, 5.41) is 5.81. The molecule has 7 nitrogen and oxygen atoms in total. The van der Waals surface area contributed by atoms with E-state index in [2.05, 4.69) is 38.3 Å². The largest absolute Gasteiger partial charge is 0.378 e. The predicted molar refractivity (Wildman–Crippen MR) is 148 cm³/mol. The minimum atomic E-state index is -0.490. The van der Waals surface area contributed by atoms with Gasteiger partial charge in [-0.05, 0) is 24.7 Å². The van der Waals surface area contributed by atoms with Crippen LogP contribution in [0.3, 0.4) is 0 Å². The van der Waals surface area contributed by atoms with Crippen LogP contribution in [0.4, 0.5) is 0 Å². The van der Waals surface area contributed by atoms with Crippen LogP contribution in [0, 0.1) is 11.8 Å². The van der Waals surface area contributed by atoms with Crippen molar-refractivity contribution >= 4 is 24.2 Å². The lowest BCUT2D eigenvalue weighted by Gasteiger charge is -2.20. The van der Waals surface area contributed by atoms with E-state index < -0.39 is 6.04 Å². The molecule has 35 heavy (non-hydrogen) atoms. The van der Waals surface area contributed by atoms with Gasteiger partial charge in [-0.15, -0.1) is 12.4 Å². The summed E-state index contributed by atoms with van der Waals surface area (Å²) < 4.78 is 10.7. The standard InChI is InChI=1S/C27H55N3O4.ClH/c1-23(2)14-12-10-8-6-5-7-9-11-13-15-26(31)30-25(22-24(3)4)27(32)29-17-19-34-21-20-33-18-16-28;/h23-25H,5-22,28H2,1-4H3,(H,29,32)(H,30,31);1H. The van der Waals surface area contributed by atoms with Crippen LogP contribution in [0.1, 0.15) is 105 Å². The van der Waals surface area contributed by atoms with Crippen molar-refractivity contribution in [1.29, 1.82) is 0 Å². The number of ether oxygens (including phenoxy) is 2. The Balaban J connectivity index is 0. The number of nitrogens with two attached hydrogens (primary N) is 1. The molecule has 0 aliphatic heterocycles. The molecule has 0 radical (unpaired) electrons. The summed E-state index contributed by atoms with van der Waals surface area (Å²) in [6.45, 7) is 11.5. The summed E-state index contributed by atoms with van der Waals surface area (Å²) in [5.41, 5.74) is 5.35. The summed E-state index contributed by atoms with van der Waals surface area (Å²) in [6.07, 6.45) is 13.6. The van der Waals surface area contributed by atoms with Crippen LogP contribution in [0.2, 0.25) is 0 Å². The van der Waals surface area contributed by atoms with Gasteiger partial charge in [0.25, 0.3) is 0 Å². The second kappa shape index (κ2) is 26.2. The SMILES string of the molecule is CC(C)CCCCCCCCCCCC(=O)NC(CC(C)C)C(=O)NCCOCCOCCN.Cl. The van der Waals surface area contributed by atoms with Gasteiger partial charge in [-0.1, -0.05) is 85.5 Å². The van der Waals surface area contributed by atoms with E-state index in [1.165, 1.54) is 51.4 Å². The molecule has 210 valence electrons. The highest BCUT2D eigenvalue weighted by Gasteiger charge is 2.21. The highest BCUT2D eigenvalue weighted by atomic mass is 35.5. The zero-order valence-electron chi connectivity index (χ0n) is 23.1. The lowest BCUT2D eigenvalue weighted by atomic mass is 10.0. The fourth-order valence-electron chi connectivity index (χ4n) is 3.82. The van der Waals surface area contributed by atoms with Gasteiger partial charge in [-0.2, -0.15) is 0 Å². The molecule has 0 saturated heterocycles. The second-order valence-corrected chi connectivity index (χ2v) is 10.2. The Bertz CT molecular complexity index is 493. The van der Waals surface area contributed by atoms with E-state index in [9.17, 15) is 9.59 Å². The van der Waals surface area contributed by atoms with Gasteiger partial charge in [0.1, 0.15) is 6.04 Å². The lowest BCUT2D eigenvalue weighted by Crippen LogP contribution is -2.48. The Hall–Kier alpha value is -0.890. The molecule has 0 aromatic carbocycles. The monoisotopic (exact) mass is 521 g/mol. The molecule has 4 N–H and O–H groups in total. The maximum Gasteiger partial charge on any atom is 0.242 e. The molecule has 0 heterocycles. The van der Waals surface area contributed by atoms with Crippen molar-refractivity contribution < 1.29 is 19.1 Å². The first-order chi connectivity index (χ1) is 16.4. The fraction of sp³-hybridized carbons (Fsp3) is 0.926. The Morgan fingerprint density at radius 2 is 1.29 bits per heavy atom. The third kappa shape index (κ3) is 26.0. The number of rotatable bonds is 24. The van der Waals surface area contributed by atoms with Gasteiger partial charge in [-0.25, -0.2) is 0 Å². The number of carbonyl (C=O) groups excluding carboxylic acids is 2. The molecule has 0 aromatic rings. The molecule has 0 saturated carbocycles. The van der Waals surface area contributed by atoms with Crippen molar-refractivity contribution in [2.24, 2.45) is 17.6 Å². The molecule has 8 heteroatoms. The molecule has 0 aromatic heterocycles. The van der Waals surface area contributed by atoms with Crippen LogP contribution in [-0.2, 0) is 19.1 Å². The van der Waals surface area contributed by atoms with Gasteiger partial charge >= 0.3 is 0 Å². The van der Waals surface area contributed by atoms with Gasteiger partial charge < -0.3 is 25.8 Å². The zero-order chi connectivity index (χ0) is 25.4. The Kier molecular flexibility index (Phi) is 27.1. The summed E-state index contributed by atoms with van der Waals surface area (Å²) in [6, 6.07) is -0.490. The van der Waals surface area contributed by atoms with E-state index in [0.717, 1.165) is 18.8 Å². The molecule has 0 rings (SSSR count). The predicted octanol–water partition coefficient (Wildman–Crippen LogP) is 4.99. The van der Waals surface area contributed by atoms with Gasteiger partial charge in [0.15, 0.2) is 0 Å². The number of hydrogen-bond donors (Lipinski definition) is 3. The third-order valence-electron chi connectivity index (χ3n) is 5.72. The van der Waals surface area contributed by atoms with E-state index in [4.69, 9.17) is 15.2 Å². The van der Waals surface area contributed by atoms with Crippen molar-refractivity contribution in [3.8, 4) is 0 Å². The highest BCUT2D eigenvalue weighted by Crippen LogP contribution is 2.13. The highest BCUT2D eigenvalue weighted by molar-refractivity contribution is 5.87. The molecular formula is C27H56ClN3O4. The van der Waals surface area contributed by atoms with E-state index in [0.29, 0.717) is 58.3 Å². The smallest absolute Gasteiger partial charge is 0.242 e. The molecule has 1 atom stereocenters. The first kappa shape index (κ1) is 36.3. The minimum Gasteiger partial charge on any atom is -0.378 e. The fourth-order valence-corrected chi connectivity index (χ4v) is 3.82. The van der Waals surface area contributed by atoms with Crippen molar-refractivity contribution in [2.75, 3.05) is 39.5 Å². The molecule has 0 bridgehead atoms.